The number of rotatable bonds is 7. The Hall–Kier alpha value is -0.420. The van der Waals surface area contributed by atoms with E-state index in [-0.39, 0.29) is 0 Å². The molecule has 0 bridgehead atoms. The van der Waals surface area contributed by atoms with Crippen LogP contribution in [0.15, 0.2) is 11.6 Å². The summed E-state index contributed by atoms with van der Waals surface area (Å²) in [6.45, 7) is 8.19. The molecule has 0 amide bonds. The normalized spacial score (nSPS) is 35.7. The predicted molar refractivity (Wildman–Crippen MR) is 133 cm³/mol. The van der Waals surface area contributed by atoms with Gasteiger partial charge in [-0.05, 0) is 99.5 Å². The lowest BCUT2D eigenvalue weighted by Gasteiger charge is -2.39. The number of hydrogen-bond acceptors (Lipinski definition) is 4. The maximum Gasteiger partial charge on any atom is 0.0995 e. The summed E-state index contributed by atoms with van der Waals surface area (Å²) in [4.78, 5) is 2.61. The minimum atomic E-state index is -0.506. The Bertz CT molecular complexity index is 574. The molecule has 4 aliphatic rings. The Morgan fingerprint density at radius 2 is 1.81 bits per heavy atom. The summed E-state index contributed by atoms with van der Waals surface area (Å²) in [6, 6.07) is 0. The summed E-state index contributed by atoms with van der Waals surface area (Å²) < 4.78 is 0. The standard InChI is InChI=1S/C28H49NO.H3NO/c1-22-13-14-25(19-23(22)2)26(20-24-9-5-3-6-10-24)15-17-29-18-16-28(30,21-29)27-11-7-4-8-12-27;1-2/h11,22-26,30H,3-10,12-21H2,1-2H3;2H,1H2. The fourth-order valence-corrected chi connectivity index (χ4v) is 7.35. The van der Waals surface area contributed by atoms with Crippen LogP contribution in [-0.2, 0) is 0 Å². The van der Waals surface area contributed by atoms with Crippen LogP contribution in [0.3, 0.4) is 0 Å². The number of aliphatic hydroxyl groups is 1. The van der Waals surface area contributed by atoms with E-state index in [4.69, 9.17) is 5.21 Å². The maximum atomic E-state index is 11.3. The molecule has 3 aliphatic carbocycles. The van der Waals surface area contributed by atoms with Gasteiger partial charge < -0.3 is 15.2 Å². The van der Waals surface area contributed by atoms with Gasteiger partial charge in [0.2, 0.25) is 0 Å². The highest BCUT2D eigenvalue weighted by Gasteiger charge is 2.40. The number of hydrogen-bond donors (Lipinski definition) is 3. The molecule has 4 rings (SSSR count). The van der Waals surface area contributed by atoms with E-state index in [9.17, 15) is 5.11 Å². The van der Waals surface area contributed by atoms with Crippen molar-refractivity contribution in [3.05, 3.63) is 11.6 Å². The van der Waals surface area contributed by atoms with Crippen LogP contribution in [0.5, 0.6) is 0 Å². The Labute approximate surface area is 198 Å². The van der Waals surface area contributed by atoms with Crippen molar-refractivity contribution in [1.82, 2.24) is 4.90 Å². The highest BCUT2D eigenvalue weighted by molar-refractivity contribution is 5.21. The predicted octanol–water partition coefficient (Wildman–Crippen LogP) is 6.31. The molecule has 186 valence electrons. The number of nitrogens with two attached hydrogens (primary N) is 1. The molecule has 4 heteroatoms. The van der Waals surface area contributed by atoms with Crippen molar-refractivity contribution < 1.29 is 10.3 Å². The molecule has 3 fully saturated rings. The molecular weight excluding hydrogens is 396 g/mol. The fourth-order valence-electron chi connectivity index (χ4n) is 7.35. The van der Waals surface area contributed by atoms with E-state index in [1.807, 2.05) is 0 Å². The van der Waals surface area contributed by atoms with Gasteiger partial charge in [0, 0.05) is 13.1 Å². The van der Waals surface area contributed by atoms with Crippen LogP contribution < -0.4 is 5.90 Å². The van der Waals surface area contributed by atoms with Gasteiger partial charge >= 0.3 is 0 Å². The minimum absolute atomic E-state index is 0.506. The lowest BCUT2D eigenvalue weighted by Crippen LogP contribution is -2.37. The van der Waals surface area contributed by atoms with E-state index >= 15 is 0 Å². The molecule has 0 aromatic carbocycles. The van der Waals surface area contributed by atoms with Crippen LogP contribution in [0.1, 0.15) is 110 Å². The summed E-state index contributed by atoms with van der Waals surface area (Å²) in [5, 5.41) is 17.8. The summed E-state index contributed by atoms with van der Waals surface area (Å²) >= 11 is 0. The molecule has 2 saturated carbocycles. The second-order valence-corrected chi connectivity index (χ2v) is 11.8. The van der Waals surface area contributed by atoms with Gasteiger partial charge in [-0.15, -0.1) is 0 Å². The first-order valence-electron chi connectivity index (χ1n) is 13.9. The monoisotopic (exact) mass is 448 g/mol. The molecule has 1 heterocycles. The summed E-state index contributed by atoms with van der Waals surface area (Å²) in [7, 11) is 0. The highest BCUT2D eigenvalue weighted by atomic mass is 16.4. The van der Waals surface area contributed by atoms with Gasteiger partial charge in [-0.2, -0.15) is 0 Å². The van der Waals surface area contributed by atoms with Crippen LogP contribution in [0.2, 0.25) is 0 Å². The zero-order chi connectivity index (χ0) is 23.0. The smallest absolute Gasteiger partial charge is 0.0995 e. The third kappa shape index (κ3) is 7.04. The van der Waals surface area contributed by atoms with Crippen molar-refractivity contribution in [3.8, 4) is 0 Å². The Balaban J connectivity index is 0.00000141. The average molecular weight is 449 g/mol. The fraction of sp³-hybridized carbons (Fsp3) is 0.929. The minimum Gasteiger partial charge on any atom is -0.384 e. The molecule has 0 spiro atoms. The van der Waals surface area contributed by atoms with E-state index in [0.717, 1.165) is 55.5 Å². The van der Waals surface area contributed by atoms with Gasteiger partial charge in [-0.25, -0.2) is 5.90 Å². The molecule has 1 saturated heterocycles. The van der Waals surface area contributed by atoms with Crippen molar-refractivity contribution in [2.75, 3.05) is 19.6 Å². The Morgan fingerprint density at radius 1 is 1.03 bits per heavy atom. The number of allylic oxidation sites excluding steroid dienone is 1. The molecule has 5 unspecified atom stereocenters. The SMILES string of the molecule is CC1CCC(C(CCN2CCC(O)(C3=CCCCC3)C2)CC2CCCCC2)CC1C.NO. The number of nitrogens with zero attached hydrogens (tertiary/aromatic N) is 1. The van der Waals surface area contributed by atoms with Gasteiger partial charge in [-0.1, -0.05) is 58.4 Å². The highest BCUT2D eigenvalue weighted by Crippen LogP contribution is 2.43. The third-order valence-corrected chi connectivity index (χ3v) is 9.70. The van der Waals surface area contributed by atoms with Crippen LogP contribution in [0.25, 0.3) is 0 Å². The van der Waals surface area contributed by atoms with Gasteiger partial charge in [0.15, 0.2) is 0 Å². The van der Waals surface area contributed by atoms with Crippen LogP contribution in [0, 0.1) is 29.6 Å². The molecule has 0 aromatic heterocycles. The van der Waals surface area contributed by atoms with Gasteiger partial charge in [-0.3, -0.25) is 0 Å². The van der Waals surface area contributed by atoms with Crippen molar-refractivity contribution in [2.45, 2.75) is 116 Å². The largest absolute Gasteiger partial charge is 0.384 e. The lowest BCUT2D eigenvalue weighted by molar-refractivity contribution is 0.0763. The van der Waals surface area contributed by atoms with Crippen molar-refractivity contribution in [1.29, 1.82) is 0 Å². The first-order valence-corrected chi connectivity index (χ1v) is 13.9. The summed E-state index contributed by atoms with van der Waals surface area (Å²) in [6.07, 6.45) is 22.9. The van der Waals surface area contributed by atoms with Gasteiger partial charge in [0.05, 0.1) is 5.60 Å². The number of β-amino-alcohol motifs (C(OH)–C–C–N with tert-alkyl or cyclic N) is 1. The maximum absolute atomic E-state index is 11.3. The third-order valence-electron chi connectivity index (χ3n) is 9.70. The van der Waals surface area contributed by atoms with Crippen LogP contribution in [-0.4, -0.2) is 40.4 Å². The van der Waals surface area contributed by atoms with Crippen molar-refractivity contribution in [2.24, 2.45) is 35.5 Å². The zero-order valence-corrected chi connectivity index (χ0v) is 21.1. The van der Waals surface area contributed by atoms with Gasteiger partial charge in [0.1, 0.15) is 0 Å². The molecule has 4 nitrogen and oxygen atoms in total. The van der Waals surface area contributed by atoms with E-state index in [1.54, 1.807) is 0 Å². The van der Waals surface area contributed by atoms with Gasteiger partial charge in [0.25, 0.3) is 0 Å². The average Bonchev–Trinajstić information content (AvgIpc) is 3.23. The quantitative estimate of drug-likeness (QED) is 0.315. The first-order chi connectivity index (χ1) is 15.5. The Kier molecular flexibility index (Phi) is 10.5. The Morgan fingerprint density at radius 3 is 2.50 bits per heavy atom. The lowest BCUT2D eigenvalue weighted by atomic mass is 9.67. The number of likely N-dealkylation sites (tertiary alicyclic amines) is 1. The molecule has 4 N–H and O–H groups in total. The molecule has 1 aliphatic heterocycles. The van der Waals surface area contributed by atoms with Crippen LogP contribution in [0.4, 0.5) is 0 Å². The van der Waals surface area contributed by atoms with Crippen molar-refractivity contribution >= 4 is 0 Å². The van der Waals surface area contributed by atoms with E-state index < -0.39 is 5.60 Å². The second kappa shape index (κ2) is 12.9. The van der Waals surface area contributed by atoms with Crippen molar-refractivity contribution in [3.63, 3.8) is 0 Å². The molecule has 5 atom stereocenters. The topological polar surface area (TPSA) is 69.7 Å². The molecule has 0 aromatic rings. The van der Waals surface area contributed by atoms with E-state index in [2.05, 4.69) is 30.7 Å². The van der Waals surface area contributed by atoms with Crippen LogP contribution >= 0.6 is 0 Å². The molecular formula is C28H52N2O2. The van der Waals surface area contributed by atoms with E-state index in [1.165, 1.54) is 95.6 Å². The zero-order valence-electron chi connectivity index (χ0n) is 21.1. The molecule has 0 radical (unpaired) electrons. The first kappa shape index (κ1) is 26.2. The summed E-state index contributed by atoms with van der Waals surface area (Å²) in [5.41, 5.74) is 0.860. The van der Waals surface area contributed by atoms with E-state index in [0.29, 0.717) is 0 Å². The summed E-state index contributed by atoms with van der Waals surface area (Å²) in [5.74, 6) is 8.22. The molecule has 32 heavy (non-hydrogen) atoms. The second-order valence-electron chi connectivity index (χ2n) is 11.8.